The Bertz CT molecular complexity index is 558. The summed E-state index contributed by atoms with van der Waals surface area (Å²) < 4.78 is 1.96. The second kappa shape index (κ2) is 5.96. The van der Waals surface area contributed by atoms with Crippen molar-refractivity contribution < 1.29 is 0 Å². The van der Waals surface area contributed by atoms with Crippen molar-refractivity contribution >= 4 is 5.52 Å². The topological polar surface area (TPSA) is 29.3 Å². The fourth-order valence-corrected chi connectivity index (χ4v) is 3.58. The fourth-order valence-electron chi connectivity index (χ4n) is 3.58. The van der Waals surface area contributed by atoms with Crippen molar-refractivity contribution in [1.29, 1.82) is 0 Å². The molecule has 108 valence electrons. The van der Waals surface area contributed by atoms with Gasteiger partial charge in [0.2, 0.25) is 0 Å². The molecule has 2 aromatic heterocycles. The monoisotopic (exact) mass is 271 g/mol. The van der Waals surface area contributed by atoms with Gasteiger partial charge in [-0.2, -0.15) is 5.10 Å². The molecule has 0 spiro atoms. The summed E-state index contributed by atoms with van der Waals surface area (Å²) in [6.07, 6.45) is 9.48. The molecule has 3 heteroatoms. The van der Waals surface area contributed by atoms with Gasteiger partial charge in [-0.3, -0.25) is 0 Å². The molecule has 0 radical (unpaired) electrons. The lowest BCUT2D eigenvalue weighted by atomic mass is 9.78. The molecule has 20 heavy (non-hydrogen) atoms. The highest BCUT2D eigenvalue weighted by Crippen LogP contribution is 2.30. The van der Waals surface area contributed by atoms with Crippen molar-refractivity contribution in [3.05, 3.63) is 36.2 Å². The van der Waals surface area contributed by atoms with Gasteiger partial charge >= 0.3 is 0 Å². The van der Waals surface area contributed by atoms with E-state index in [0.717, 1.165) is 18.4 Å². The number of aromatic nitrogens is 2. The second-order valence-corrected chi connectivity index (χ2v) is 6.38. The number of nitrogens with zero attached hydrogens (tertiary/aromatic N) is 2. The van der Waals surface area contributed by atoms with Gasteiger partial charge in [0, 0.05) is 24.3 Å². The molecule has 0 saturated heterocycles. The Kier molecular flexibility index (Phi) is 4.06. The van der Waals surface area contributed by atoms with Gasteiger partial charge in [0.1, 0.15) is 0 Å². The molecule has 0 aromatic carbocycles. The van der Waals surface area contributed by atoms with Crippen molar-refractivity contribution in [2.45, 2.75) is 52.1 Å². The molecule has 2 atom stereocenters. The van der Waals surface area contributed by atoms with Crippen LogP contribution in [-0.2, 0) is 6.54 Å². The third-order valence-corrected chi connectivity index (χ3v) is 4.74. The Hall–Kier alpha value is -1.35. The standard InChI is InChI=1S/C17H25N3/c1-13(2)15-7-3-4-8-16(15)18-11-14-12-19-20-10-6-5-9-17(14)20/h5-6,9-10,12-13,15-16,18H,3-4,7-8,11H2,1-2H3. The minimum absolute atomic E-state index is 0.669. The van der Waals surface area contributed by atoms with E-state index in [4.69, 9.17) is 0 Å². The summed E-state index contributed by atoms with van der Waals surface area (Å²) in [5, 5.41) is 8.21. The molecule has 1 aliphatic carbocycles. The molecule has 0 bridgehead atoms. The molecule has 1 fully saturated rings. The highest BCUT2D eigenvalue weighted by atomic mass is 15.2. The largest absolute Gasteiger partial charge is 0.309 e. The van der Waals surface area contributed by atoms with Crippen LogP contribution >= 0.6 is 0 Å². The highest BCUT2D eigenvalue weighted by molar-refractivity contribution is 5.53. The molecule has 1 aliphatic rings. The summed E-state index contributed by atoms with van der Waals surface area (Å²) >= 11 is 0. The van der Waals surface area contributed by atoms with Gasteiger partial charge < -0.3 is 5.32 Å². The van der Waals surface area contributed by atoms with Crippen molar-refractivity contribution in [1.82, 2.24) is 14.9 Å². The molecule has 3 nitrogen and oxygen atoms in total. The summed E-state index contributed by atoms with van der Waals surface area (Å²) in [5.74, 6) is 1.60. The minimum Gasteiger partial charge on any atom is -0.309 e. The molecule has 0 amide bonds. The Morgan fingerprint density at radius 3 is 3.00 bits per heavy atom. The Morgan fingerprint density at radius 1 is 1.30 bits per heavy atom. The fraction of sp³-hybridized carbons (Fsp3) is 0.588. The molecule has 0 aliphatic heterocycles. The van der Waals surface area contributed by atoms with Crippen LogP contribution in [0.4, 0.5) is 0 Å². The van der Waals surface area contributed by atoms with Crippen LogP contribution in [0.15, 0.2) is 30.6 Å². The summed E-state index contributed by atoms with van der Waals surface area (Å²) in [6.45, 7) is 5.65. The molecule has 3 rings (SSSR count). The number of hydrogen-bond donors (Lipinski definition) is 1. The molecule has 1 N–H and O–H groups in total. The molecular formula is C17H25N3. The van der Waals surface area contributed by atoms with Gasteiger partial charge in [-0.15, -0.1) is 0 Å². The van der Waals surface area contributed by atoms with E-state index in [9.17, 15) is 0 Å². The van der Waals surface area contributed by atoms with Crippen LogP contribution in [0, 0.1) is 11.8 Å². The van der Waals surface area contributed by atoms with E-state index in [1.807, 2.05) is 23.0 Å². The van der Waals surface area contributed by atoms with Crippen LogP contribution in [0.5, 0.6) is 0 Å². The lowest BCUT2D eigenvalue weighted by molar-refractivity contribution is 0.205. The summed E-state index contributed by atoms with van der Waals surface area (Å²) in [5.41, 5.74) is 2.52. The first kappa shape index (κ1) is 13.6. The third-order valence-electron chi connectivity index (χ3n) is 4.74. The van der Waals surface area contributed by atoms with Crippen LogP contribution < -0.4 is 5.32 Å². The van der Waals surface area contributed by atoms with E-state index >= 15 is 0 Å². The van der Waals surface area contributed by atoms with Gasteiger partial charge in [-0.1, -0.05) is 32.8 Å². The molecule has 2 aromatic rings. The first-order valence-electron chi connectivity index (χ1n) is 7.90. The van der Waals surface area contributed by atoms with Crippen LogP contribution in [0.1, 0.15) is 45.1 Å². The lowest BCUT2D eigenvalue weighted by Gasteiger charge is -2.35. The van der Waals surface area contributed by atoms with Crippen LogP contribution in [0.2, 0.25) is 0 Å². The summed E-state index contributed by atoms with van der Waals surface area (Å²) in [7, 11) is 0. The first-order chi connectivity index (χ1) is 9.75. The van der Waals surface area contributed by atoms with Crippen molar-refractivity contribution in [2.24, 2.45) is 11.8 Å². The SMILES string of the molecule is CC(C)C1CCCCC1NCc1cnn2ccccc12. The average Bonchev–Trinajstić information content (AvgIpc) is 2.88. The van der Waals surface area contributed by atoms with Crippen LogP contribution in [-0.4, -0.2) is 15.7 Å². The van der Waals surface area contributed by atoms with E-state index in [0.29, 0.717) is 6.04 Å². The average molecular weight is 271 g/mol. The maximum absolute atomic E-state index is 4.41. The first-order valence-corrected chi connectivity index (χ1v) is 7.90. The van der Waals surface area contributed by atoms with Crippen molar-refractivity contribution in [3.8, 4) is 0 Å². The van der Waals surface area contributed by atoms with Crippen LogP contribution in [0.25, 0.3) is 5.52 Å². The number of rotatable bonds is 4. The number of fused-ring (bicyclic) bond motifs is 1. The zero-order valence-electron chi connectivity index (χ0n) is 12.5. The predicted octanol–water partition coefficient (Wildman–Crippen LogP) is 3.64. The Morgan fingerprint density at radius 2 is 2.15 bits per heavy atom. The van der Waals surface area contributed by atoms with Gasteiger partial charge in [-0.05, 0) is 36.8 Å². The molecular weight excluding hydrogens is 246 g/mol. The van der Waals surface area contributed by atoms with E-state index < -0.39 is 0 Å². The highest BCUT2D eigenvalue weighted by Gasteiger charge is 2.27. The smallest absolute Gasteiger partial charge is 0.0706 e. The van der Waals surface area contributed by atoms with Crippen molar-refractivity contribution in [2.75, 3.05) is 0 Å². The summed E-state index contributed by atoms with van der Waals surface area (Å²) in [6, 6.07) is 6.91. The Balaban J connectivity index is 1.69. The lowest BCUT2D eigenvalue weighted by Crippen LogP contribution is -2.40. The maximum atomic E-state index is 4.41. The number of pyridine rings is 1. The van der Waals surface area contributed by atoms with Gasteiger partial charge in [0.15, 0.2) is 0 Å². The van der Waals surface area contributed by atoms with E-state index in [1.54, 1.807) is 0 Å². The van der Waals surface area contributed by atoms with E-state index in [-0.39, 0.29) is 0 Å². The predicted molar refractivity (Wildman–Crippen MR) is 82.6 cm³/mol. The van der Waals surface area contributed by atoms with Gasteiger partial charge in [0.05, 0.1) is 11.7 Å². The summed E-state index contributed by atoms with van der Waals surface area (Å²) in [4.78, 5) is 0. The molecule has 2 unspecified atom stereocenters. The zero-order valence-corrected chi connectivity index (χ0v) is 12.5. The Labute approximate surface area is 121 Å². The minimum atomic E-state index is 0.669. The second-order valence-electron chi connectivity index (χ2n) is 6.38. The zero-order chi connectivity index (χ0) is 13.9. The van der Waals surface area contributed by atoms with Gasteiger partial charge in [0.25, 0.3) is 0 Å². The number of hydrogen-bond acceptors (Lipinski definition) is 2. The van der Waals surface area contributed by atoms with Crippen molar-refractivity contribution in [3.63, 3.8) is 0 Å². The molecule has 1 saturated carbocycles. The van der Waals surface area contributed by atoms with E-state index in [1.165, 1.54) is 36.8 Å². The maximum Gasteiger partial charge on any atom is 0.0706 e. The molecule has 2 heterocycles. The third kappa shape index (κ3) is 2.73. The van der Waals surface area contributed by atoms with Gasteiger partial charge in [-0.25, -0.2) is 4.52 Å². The quantitative estimate of drug-likeness (QED) is 0.920. The van der Waals surface area contributed by atoms with E-state index in [2.05, 4.69) is 36.4 Å². The normalized spacial score (nSPS) is 23.6. The number of nitrogens with one attached hydrogen (secondary N) is 1. The van der Waals surface area contributed by atoms with Crippen LogP contribution in [0.3, 0.4) is 0 Å².